The lowest BCUT2D eigenvalue weighted by Crippen LogP contribution is -2.09. The van der Waals surface area contributed by atoms with Crippen molar-refractivity contribution in [1.82, 2.24) is 9.97 Å². The lowest BCUT2D eigenvalue weighted by atomic mass is 10.3. The van der Waals surface area contributed by atoms with Gasteiger partial charge in [0.15, 0.2) is 5.69 Å². The lowest BCUT2D eigenvalue weighted by Gasteiger charge is -2.09. The van der Waals surface area contributed by atoms with Gasteiger partial charge in [0.25, 0.3) is 0 Å². The number of hydrogen-bond acceptors (Lipinski definition) is 4. The SMILES string of the molecule is COc1ccccc1Sc1cc(C(F)(F)F)nc(Cl)n1. The number of rotatable bonds is 3. The van der Waals surface area contributed by atoms with Crippen LogP contribution in [0.4, 0.5) is 13.2 Å². The van der Waals surface area contributed by atoms with Gasteiger partial charge in [0.2, 0.25) is 5.28 Å². The molecule has 1 aromatic carbocycles. The van der Waals surface area contributed by atoms with E-state index in [1.807, 2.05) is 0 Å². The van der Waals surface area contributed by atoms with E-state index < -0.39 is 17.2 Å². The summed E-state index contributed by atoms with van der Waals surface area (Å²) in [5, 5.41) is -0.348. The third kappa shape index (κ3) is 3.55. The van der Waals surface area contributed by atoms with Gasteiger partial charge in [-0.05, 0) is 23.7 Å². The van der Waals surface area contributed by atoms with E-state index in [-0.39, 0.29) is 5.03 Å². The maximum absolute atomic E-state index is 12.6. The summed E-state index contributed by atoms with van der Waals surface area (Å²) >= 11 is 6.55. The molecule has 0 unspecified atom stereocenters. The first-order valence-corrected chi connectivity index (χ1v) is 6.52. The molecular formula is C12H8ClF3N2OS. The van der Waals surface area contributed by atoms with Crippen molar-refractivity contribution < 1.29 is 17.9 Å². The standard InChI is InChI=1S/C12H8ClF3N2OS/c1-19-7-4-2-3-5-8(7)20-10-6-9(12(14,15)16)17-11(13)18-10/h2-6H,1H3. The molecule has 8 heteroatoms. The largest absolute Gasteiger partial charge is 0.496 e. The van der Waals surface area contributed by atoms with E-state index >= 15 is 0 Å². The summed E-state index contributed by atoms with van der Waals surface area (Å²) in [6, 6.07) is 7.78. The Kier molecular flexibility index (Phi) is 4.39. The van der Waals surface area contributed by atoms with Crippen molar-refractivity contribution in [3.63, 3.8) is 0 Å². The lowest BCUT2D eigenvalue weighted by molar-refractivity contribution is -0.141. The van der Waals surface area contributed by atoms with Crippen LogP contribution in [0.3, 0.4) is 0 Å². The van der Waals surface area contributed by atoms with Crippen LogP contribution in [0.1, 0.15) is 5.69 Å². The van der Waals surface area contributed by atoms with Gasteiger partial charge in [0, 0.05) is 6.07 Å². The highest BCUT2D eigenvalue weighted by Gasteiger charge is 2.33. The number of halogens is 4. The summed E-state index contributed by atoms with van der Waals surface area (Å²) in [6.45, 7) is 0. The molecule has 2 rings (SSSR count). The second-order valence-electron chi connectivity index (χ2n) is 3.61. The van der Waals surface area contributed by atoms with E-state index in [0.29, 0.717) is 10.6 Å². The highest BCUT2D eigenvalue weighted by molar-refractivity contribution is 7.99. The van der Waals surface area contributed by atoms with Gasteiger partial charge in [-0.1, -0.05) is 23.9 Å². The van der Waals surface area contributed by atoms with E-state index in [1.165, 1.54) is 7.11 Å². The van der Waals surface area contributed by atoms with Crippen LogP contribution in [0.5, 0.6) is 5.75 Å². The second-order valence-corrected chi connectivity index (χ2v) is 5.01. The first-order valence-electron chi connectivity index (χ1n) is 5.33. The van der Waals surface area contributed by atoms with Gasteiger partial charge >= 0.3 is 6.18 Å². The zero-order chi connectivity index (χ0) is 14.8. The molecule has 0 spiro atoms. The number of benzene rings is 1. The highest BCUT2D eigenvalue weighted by atomic mass is 35.5. The van der Waals surface area contributed by atoms with Gasteiger partial charge in [-0.2, -0.15) is 13.2 Å². The number of methoxy groups -OCH3 is 1. The quantitative estimate of drug-likeness (QED) is 0.623. The zero-order valence-electron chi connectivity index (χ0n) is 10.1. The molecule has 106 valence electrons. The predicted molar refractivity (Wildman–Crippen MR) is 69.2 cm³/mol. The van der Waals surface area contributed by atoms with Gasteiger partial charge in [0.1, 0.15) is 10.8 Å². The number of hydrogen-bond donors (Lipinski definition) is 0. The summed E-state index contributed by atoms with van der Waals surface area (Å²) in [5.74, 6) is 0.542. The molecule has 3 nitrogen and oxygen atoms in total. The Labute approximate surface area is 122 Å². The molecular weight excluding hydrogens is 313 g/mol. The first kappa shape index (κ1) is 14.9. The van der Waals surface area contributed by atoms with Crippen LogP contribution in [0.15, 0.2) is 40.3 Å². The van der Waals surface area contributed by atoms with Crippen molar-refractivity contribution in [3.05, 3.63) is 41.3 Å². The number of nitrogens with zero attached hydrogens (tertiary/aromatic N) is 2. The van der Waals surface area contributed by atoms with Crippen LogP contribution in [0.25, 0.3) is 0 Å². The average Bonchev–Trinajstić information content (AvgIpc) is 2.37. The fourth-order valence-electron chi connectivity index (χ4n) is 1.41. The minimum atomic E-state index is -4.57. The highest BCUT2D eigenvalue weighted by Crippen LogP contribution is 2.36. The normalized spacial score (nSPS) is 11.4. The molecule has 2 aromatic rings. The van der Waals surface area contributed by atoms with Crippen molar-refractivity contribution in [1.29, 1.82) is 0 Å². The van der Waals surface area contributed by atoms with Gasteiger partial charge in [-0.3, -0.25) is 0 Å². The van der Waals surface area contributed by atoms with Crippen molar-refractivity contribution in [2.75, 3.05) is 7.11 Å². The van der Waals surface area contributed by atoms with Crippen LogP contribution < -0.4 is 4.74 Å². The molecule has 0 atom stereocenters. The third-order valence-corrected chi connectivity index (χ3v) is 3.39. The molecule has 0 bridgehead atoms. The summed E-state index contributed by atoms with van der Waals surface area (Å²) in [7, 11) is 1.48. The van der Waals surface area contributed by atoms with E-state index in [9.17, 15) is 13.2 Å². The molecule has 20 heavy (non-hydrogen) atoms. The Balaban J connectivity index is 2.36. The van der Waals surface area contributed by atoms with E-state index in [2.05, 4.69) is 9.97 Å². The number of alkyl halides is 3. The first-order chi connectivity index (χ1) is 9.40. The van der Waals surface area contributed by atoms with Crippen LogP contribution >= 0.6 is 23.4 Å². The van der Waals surface area contributed by atoms with Gasteiger partial charge in [-0.15, -0.1) is 0 Å². The summed E-state index contributed by atoms with van der Waals surface area (Å²) in [5.41, 5.74) is -1.07. The molecule has 0 radical (unpaired) electrons. The molecule has 0 fully saturated rings. The third-order valence-electron chi connectivity index (χ3n) is 2.25. The number of para-hydroxylation sites is 1. The fraction of sp³-hybridized carbons (Fsp3) is 0.167. The Morgan fingerprint density at radius 2 is 1.90 bits per heavy atom. The maximum Gasteiger partial charge on any atom is 0.433 e. The molecule has 1 aromatic heterocycles. The van der Waals surface area contributed by atoms with Crippen LogP contribution in [0.2, 0.25) is 5.28 Å². The molecule has 0 amide bonds. The van der Waals surface area contributed by atoms with Crippen molar-refractivity contribution in [2.24, 2.45) is 0 Å². The Hall–Kier alpha value is -1.47. The average molecular weight is 321 g/mol. The Bertz CT molecular complexity index is 622. The number of ether oxygens (including phenoxy) is 1. The van der Waals surface area contributed by atoms with Gasteiger partial charge in [0.05, 0.1) is 12.0 Å². The minimum absolute atomic E-state index is 0.0989. The predicted octanol–water partition coefficient (Wildman–Crippen LogP) is 4.31. The monoisotopic (exact) mass is 320 g/mol. The molecule has 0 aliphatic heterocycles. The van der Waals surface area contributed by atoms with Crippen molar-refractivity contribution in [2.45, 2.75) is 16.1 Å². The van der Waals surface area contributed by atoms with E-state index in [0.717, 1.165) is 17.8 Å². The van der Waals surface area contributed by atoms with Crippen molar-refractivity contribution in [3.8, 4) is 5.75 Å². The Morgan fingerprint density at radius 1 is 1.20 bits per heavy atom. The molecule has 0 saturated carbocycles. The molecule has 0 aliphatic carbocycles. The fourth-order valence-corrected chi connectivity index (χ4v) is 2.57. The van der Waals surface area contributed by atoms with Gasteiger partial charge < -0.3 is 4.74 Å². The maximum atomic E-state index is 12.6. The smallest absolute Gasteiger partial charge is 0.433 e. The zero-order valence-corrected chi connectivity index (χ0v) is 11.7. The molecule has 0 N–H and O–H groups in total. The summed E-state index contributed by atoms with van der Waals surface area (Å²) in [4.78, 5) is 7.59. The van der Waals surface area contributed by atoms with Crippen LogP contribution in [-0.4, -0.2) is 17.1 Å². The molecule has 0 aliphatic rings. The minimum Gasteiger partial charge on any atom is -0.496 e. The van der Waals surface area contributed by atoms with Gasteiger partial charge in [-0.25, -0.2) is 9.97 Å². The number of aromatic nitrogens is 2. The van der Waals surface area contributed by atoms with E-state index in [1.54, 1.807) is 24.3 Å². The van der Waals surface area contributed by atoms with E-state index in [4.69, 9.17) is 16.3 Å². The topological polar surface area (TPSA) is 35.0 Å². The second kappa shape index (κ2) is 5.88. The van der Waals surface area contributed by atoms with Crippen LogP contribution in [0, 0.1) is 0 Å². The van der Waals surface area contributed by atoms with Crippen LogP contribution in [-0.2, 0) is 6.18 Å². The molecule has 0 saturated heterocycles. The summed E-state index contributed by atoms with van der Waals surface area (Å²) in [6.07, 6.45) is -4.57. The van der Waals surface area contributed by atoms with Crippen molar-refractivity contribution >= 4 is 23.4 Å². The summed E-state index contributed by atoms with van der Waals surface area (Å²) < 4.78 is 43.1. The molecule has 1 heterocycles. The Morgan fingerprint density at radius 3 is 2.55 bits per heavy atom.